The molecule has 0 aromatic carbocycles. The van der Waals surface area contributed by atoms with Gasteiger partial charge in [0.25, 0.3) is 0 Å². The largest absolute Gasteiger partial charge is 0.472 e. The van der Waals surface area contributed by atoms with E-state index < -0.39 is 91.5 Å². The lowest BCUT2D eigenvalue weighted by molar-refractivity contribution is -0.161. The van der Waals surface area contributed by atoms with E-state index in [2.05, 4.69) is 118 Å². The van der Waals surface area contributed by atoms with Gasteiger partial charge in [0.2, 0.25) is 0 Å². The van der Waals surface area contributed by atoms with Gasteiger partial charge in [0.15, 0.2) is 6.10 Å². The molecule has 4 N–H and O–H groups in total. The first kappa shape index (κ1) is 97.5. The number of rotatable bonds is 77. The molecule has 16 nitrogen and oxygen atoms in total. The van der Waals surface area contributed by atoms with Gasteiger partial charge in [0, 0.05) is 19.3 Å². The van der Waals surface area contributed by atoms with Crippen molar-refractivity contribution in [2.45, 2.75) is 373 Å². The van der Waals surface area contributed by atoms with E-state index in [0.717, 1.165) is 128 Å². The van der Waals surface area contributed by atoms with Crippen molar-refractivity contribution in [1.82, 2.24) is 0 Å². The Bertz CT molecular complexity index is 2220. The maximum absolute atomic E-state index is 12.9. The Morgan fingerprint density at radius 1 is 0.287 bits per heavy atom. The molecule has 0 heterocycles. The number of allylic oxidation sites excluding steroid dienone is 16. The average Bonchev–Trinajstić information content (AvgIpc) is 0.942. The minimum atomic E-state index is -4.93. The van der Waals surface area contributed by atoms with Crippen molar-refractivity contribution >= 4 is 33.6 Å². The van der Waals surface area contributed by atoms with Crippen LogP contribution in [0.5, 0.6) is 0 Å². The molecule has 0 aliphatic rings. The van der Waals surface area contributed by atoms with Crippen LogP contribution in [0.2, 0.25) is 0 Å². The second kappa shape index (κ2) is 76.1. The molecule has 5 unspecified atom stereocenters. The Hall–Kier alpha value is -3.53. The monoisotopic (exact) mass is 1460 g/mol. The van der Waals surface area contributed by atoms with Crippen molar-refractivity contribution in [3.63, 3.8) is 0 Å². The molecule has 0 aliphatic heterocycles. The van der Waals surface area contributed by atoms with Gasteiger partial charge in [-0.2, -0.15) is 0 Å². The number of aliphatic hydroxyl groups excluding tert-OH is 2. The van der Waals surface area contributed by atoms with E-state index >= 15 is 0 Å². The van der Waals surface area contributed by atoms with E-state index in [4.69, 9.17) is 32.3 Å². The van der Waals surface area contributed by atoms with E-state index in [-0.39, 0.29) is 19.3 Å². The summed E-state index contributed by atoms with van der Waals surface area (Å²) in [5.41, 5.74) is 0. The topological polar surface area (TPSA) is 231 Å². The van der Waals surface area contributed by atoms with Gasteiger partial charge in [-0.05, 0) is 122 Å². The maximum Gasteiger partial charge on any atom is 0.472 e. The fraction of sp³-hybridized carbons (Fsp3) is 0.771. The molecule has 0 rings (SSSR count). The number of phosphoric acid groups is 2. The number of unbranched alkanes of at least 4 members (excludes halogenated alkanes) is 38. The van der Waals surface area contributed by atoms with Crippen LogP contribution in [0.1, 0.15) is 355 Å². The maximum atomic E-state index is 12.9. The Labute approximate surface area is 616 Å². The predicted octanol–water partition coefficient (Wildman–Crippen LogP) is 23.8. The van der Waals surface area contributed by atoms with Crippen LogP contribution in [-0.4, -0.2) is 95.9 Å². The van der Waals surface area contributed by atoms with Gasteiger partial charge in [-0.15, -0.1) is 0 Å². The SMILES string of the molecule is CC/C=C\C/C=C\C/C=C\CCCCCCCC(=O)OCC(COP(=O)(O)OCC(O)COP(=O)(O)OCC(O)COC(=O)CCCCCCCCCCCCCCCCCCCCC/C=C\C/C=C\C/C=C\C/C=C\CCCCC)OC(=O)CCCCCCC/C=C\CCCCCCCC. The molecule has 0 fully saturated rings. The van der Waals surface area contributed by atoms with Crippen LogP contribution in [0.15, 0.2) is 97.2 Å². The summed E-state index contributed by atoms with van der Waals surface area (Å²) in [6.07, 6.45) is 87.7. The normalized spacial score (nSPS) is 14.5. The van der Waals surface area contributed by atoms with Gasteiger partial charge in [-0.25, -0.2) is 9.13 Å². The average molecular weight is 1460 g/mol. The van der Waals surface area contributed by atoms with Crippen LogP contribution < -0.4 is 0 Å². The number of hydrogen-bond acceptors (Lipinski definition) is 14. The van der Waals surface area contributed by atoms with Crippen molar-refractivity contribution in [3.05, 3.63) is 97.2 Å². The van der Waals surface area contributed by atoms with Crippen LogP contribution in [0.25, 0.3) is 0 Å². The summed E-state index contributed by atoms with van der Waals surface area (Å²) >= 11 is 0. The van der Waals surface area contributed by atoms with Gasteiger partial charge >= 0.3 is 33.6 Å². The van der Waals surface area contributed by atoms with Crippen molar-refractivity contribution in [3.8, 4) is 0 Å². The Morgan fingerprint density at radius 2 is 0.525 bits per heavy atom. The first-order chi connectivity index (χ1) is 49.2. The zero-order chi connectivity index (χ0) is 73.7. The molecule has 0 aromatic rings. The zero-order valence-electron chi connectivity index (χ0n) is 64.1. The molecule has 0 spiro atoms. The molecule has 5 atom stereocenters. The number of aliphatic hydroxyl groups is 2. The first-order valence-corrected chi connectivity index (χ1v) is 43.5. The quantitative estimate of drug-likeness (QED) is 0.0146. The highest BCUT2D eigenvalue weighted by Crippen LogP contribution is 2.45. The summed E-state index contributed by atoms with van der Waals surface area (Å²) in [5, 5.41) is 20.6. The third-order valence-electron chi connectivity index (χ3n) is 17.3. The second-order valence-electron chi connectivity index (χ2n) is 27.2. The minimum Gasteiger partial charge on any atom is -0.463 e. The number of hydrogen-bond donors (Lipinski definition) is 4. The van der Waals surface area contributed by atoms with Crippen LogP contribution in [0.3, 0.4) is 0 Å². The molecule has 0 radical (unpaired) electrons. The van der Waals surface area contributed by atoms with Crippen LogP contribution in [-0.2, 0) is 55.8 Å². The van der Waals surface area contributed by atoms with E-state index in [0.29, 0.717) is 19.3 Å². The third kappa shape index (κ3) is 77.4. The van der Waals surface area contributed by atoms with Gasteiger partial charge in [0.1, 0.15) is 25.4 Å². The molecule has 18 heteroatoms. The first-order valence-electron chi connectivity index (χ1n) is 40.5. The fourth-order valence-electron chi connectivity index (χ4n) is 11.1. The van der Waals surface area contributed by atoms with E-state index in [9.17, 15) is 43.5 Å². The number of phosphoric ester groups is 2. The molecule has 0 aromatic heterocycles. The number of esters is 3. The Balaban J connectivity index is 4.34. The molecule has 0 saturated carbocycles. The minimum absolute atomic E-state index is 0.0919. The number of carbonyl (C=O) groups is 3. The van der Waals surface area contributed by atoms with Crippen LogP contribution in [0.4, 0.5) is 0 Å². The zero-order valence-corrected chi connectivity index (χ0v) is 65.9. The van der Waals surface area contributed by atoms with Gasteiger partial charge in [-0.1, -0.05) is 311 Å². The highest BCUT2D eigenvalue weighted by molar-refractivity contribution is 7.47. The lowest BCUT2D eigenvalue weighted by atomic mass is 10.0. The molecule has 0 saturated heterocycles. The Kier molecular flexibility index (Phi) is 73.5. The van der Waals surface area contributed by atoms with Crippen molar-refractivity contribution in [2.75, 3.05) is 39.6 Å². The Morgan fingerprint density at radius 3 is 0.861 bits per heavy atom. The third-order valence-corrected chi connectivity index (χ3v) is 19.2. The lowest BCUT2D eigenvalue weighted by Crippen LogP contribution is -2.30. The molecule has 0 aliphatic carbocycles. The standard InChI is InChI=1S/C83H148O16P2/c1-4-7-10-13-16-19-22-25-28-29-30-31-32-33-34-35-36-37-38-39-40-41-42-43-44-45-46-47-50-52-54-57-60-63-66-69-81(86)93-72-78(84)73-95-100(89,90)96-74-79(85)75-97-101(91,92)98-77-80(99-83(88)71-68-65-62-59-56-53-49-27-24-21-18-15-12-9-6-3)76-94-82(87)70-67-64-61-58-55-51-48-26-23-20-17-14-11-8-5-2/h8,11,16-17,19-20,25-28,30-31,33-34,48-49,78-80,84-85H,4-7,9-10,12-15,18,21-24,29,32,35-47,50-77H2,1-3H3,(H,89,90)(H,91,92)/b11-8-,19-16-,20-17-,28-25-,31-30-,34-33-,48-26-,49-27-. The number of carbonyl (C=O) groups excluding carboxylic acids is 3. The summed E-state index contributed by atoms with van der Waals surface area (Å²) in [6, 6.07) is 0. The summed E-state index contributed by atoms with van der Waals surface area (Å²) in [6.45, 7) is 2.54. The molecule has 586 valence electrons. The summed E-state index contributed by atoms with van der Waals surface area (Å²) in [7, 11) is -9.78. The fourth-order valence-corrected chi connectivity index (χ4v) is 12.7. The van der Waals surface area contributed by atoms with Gasteiger partial charge in [-0.3, -0.25) is 32.5 Å². The van der Waals surface area contributed by atoms with E-state index in [1.54, 1.807) is 0 Å². The molecule has 0 amide bonds. The van der Waals surface area contributed by atoms with E-state index in [1.807, 2.05) is 0 Å². The molecular weight excluding hydrogens is 1310 g/mol. The summed E-state index contributed by atoms with van der Waals surface area (Å²) in [5.74, 6) is -1.59. The molecule has 101 heavy (non-hydrogen) atoms. The second-order valence-corrected chi connectivity index (χ2v) is 30.1. The summed E-state index contributed by atoms with van der Waals surface area (Å²) in [4.78, 5) is 58.5. The van der Waals surface area contributed by atoms with E-state index in [1.165, 1.54) is 167 Å². The van der Waals surface area contributed by atoms with Gasteiger partial charge < -0.3 is 34.2 Å². The van der Waals surface area contributed by atoms with Crippen LogP contribution in [0, 0.1) is 0 Å². The molecular formula is C83H148O16P2. The summed E-state index contributed by atoms with van der Waals surface area (Å²) < 4.78 is 61.1. The highest BCUT2D eigenvalue weighted by Gasteiger charge is 2.29. The van der Waals surface area contributed by atoms with Gasteiger partial charge in [0.05, 0.1) is 26.4 Å². The van der Waals surface area contributed by atoms with Crippen molar-refractivity contribution in [1.29, 1.82) is 0 Å². The van der Waals surface area contributed by atoms with Crippen molar-refractivity contribution < 1.29 is 75.8 Å². The van der Waals surface area contributed by atoms with Crippen LogP contribution >= 0.6 is 15.6 Å². The lowest BCUT2D eigenvalue weighted by Gasteiger charge is -2.21. The number of ether oxygens (including phenoxy) is 3. The highest BCUT2D eigenvalue weighted by atomic mass is 31.2. The predicted molar refractivity (Wildman–Crippen MR) is 417 cm³/mol. The smallest absolute Gasteiger partial charge is 0.463 e. The van der Waals surface area contributed by atoms with Crippen molar-refractivity contribution in [2.24, 2.45) is 0 Å². The molecule has 0 bridgehead atoms.